The Balaban J connectivity index is 1.86. The van der Waals surface area contributed by atoms with Crippen molar-refractivity contribution >= 4 is 11.4 Å². The SMILES string of the molecule is O=[N+]([O-])c1ccc(O)c(C2=NNC(c3ccncc3)C2)c1. The van der Waals surface area contributed by atoms with Crippen molar-refractivity contribution in [1.29, 1.82) is 0 Å². The van der Waals surface area contributed by atoms with Crippen LogP contribution in [0.4, 0.5) is 5.69 Å². The highest BCUT2D eigenvalue weighted by atomic mass is 16.6. The number of phenolic OH excluding ortho intramolecular Hbond substituents is 1. The molecule has 2 N–H and O–H groups in total. The Morgan fingerprint density at radius 2 is 2.05 bits per heavy atom. The van der Waals surface area contributed by atoms with Gasteiger partial charge in [-0.05, 0) is 23.8 Å². The quantitative estimate of drug-likeness (QED) is 0.664. The summed E-state index contributed by atoms with van der Waals surface area (Å²) in [4.78, 5) is 14.3. The molecule has 1 aliphatic heterocycles. The van der Waals surface area contributed by atoms with E-state index in [4.69, 9.17) is 0 Å². The Hall–Kier alpha value is -2.96. The van der Waals surface area contributed by atoms with E-state index in [0.29, 0.717) is 17.7 Å². The van der Waals surface area contributed by atoms with E-state index in [0.717, 1.165) is 5.56 Å². The van der Waals surface area contributed by atoms with Crippen LogP contribution in [0.5, 0.6) is 5.75 Å². The Morgan fingerprint density at radius 1 is 1.29 bits per heavy atom. The van der Waals surface area contributed by atoms with Crippen molar-refractivity contribution in [3.8, 4) is 5.75 Å². The van der Waals surface area contributed by atoms with Crippen LogP contribution >= 0.6 is 0 Å². The fourth-order valence-corrected chi connectivity index (χ4v) is 2.27. The first-order valence-electron chi connectivity index (χ1n) is 6.35. The lowest BCUT2D eigenvalue weighted by atomic mass is 9.99. The smallest absolute Gasteiger partial charge is 0.270 e. The molecular formula is C14H12N4O3. The molecule has 106 valence electrons. The van der Waals surface area contributed by atoms with E-state index >= 15 is 0 Å². The molecule has 1 aliphatic rings. The number of hydrogen-bond acceptors (Lipinski definition) is 6. The molecule has 0 saturated heterocycles. The third kappa shape index (κ3) is 2.53. The third-order valence-corrected chi connectivity index (χ3v) is 3.36. The monoisotopic (exact) mass is 284 g/mol. The number of nitrogens with zero attached hydrogens (tertiary/aromatic N) is 3. The van der Waals surface area contributed by atoms with Gasteiger partial charge in [-0.2, -0.15) is 5.10 Å². The number of nitro benzene ring substituents is 1. The van der Waals surface area contributed by atoms with E-state index < -0.39 is 4.92 Å². The zero-order chi connectivity index (χ0) is 14.8. The fourth-order valence-electron chi connectivity index (χ4n) is 2.27. The first kappa shape index (κ1) is 13.0. The van der Waals surface area contributed by atoms with Gasteiger partial charge in [-0.25, -0.2) is 0 Å². The number of benzene rings is 1. The molecule has 1 atom stereocenters. The number of hydrogen-bond donors (Lipinski definition) is 2. The molecule has 1 unspecified atom stereocenters. The second-order valence-corrected chi connectivity index (χ2v) is 4.68. The minimum absolute atomic E-state index is 0.0171. The number of non-ortho nitro benzene ring substituents is 1. The summed E-state index contributed by atoms with van der Waals surface area (Å²) in [6.07, 6.45) is 3.93. The predicted molar refractivity (Wildman–Crippen MR) is 76.0 cm³/mol. The summed E-state index contributed by atoms with van der Waals surface area (Å²) in [5.74, 6) is -0.0171. The van der Waals surface area contributed by atoms with Gasteiger partial charge in [0.2, 0.25) is 0 Å². The Morgan fingerprint density at radius 3 is 2.76 bits per heavy atom. The molecule has 0 fully saturated rings. The molecule has 7 heteroatoms. The second-order valence-electron chi connectivity index (χ2n) is 4.68. The van der Waals surface area contributed by atoms with Crippen molar-refractivity contribution in [3.05, 3.63) is 64.0 Å². The van der Waals surface area contributed by atoms with E-state index in [1.165, 1.54) is 18.2 Å². The second kappa shape index (κ2) is 5.20. The number of pyridine rings is 1. The average Bonchev–Trinajstić information content (AvgIpc) is 2.98. The maximum atomic E-state index is 10.8. The van der Waals surface area contributed by atoms with Gasteiger partial charge in [0.05, 0.1) is 16.7 Å². The largest absolute Gasteiger partial charge is 0.507 e. The van der Waals surface area contributed by atoms with Crippen LogP contribution in [0.15, 0.2) is 47.8 Å². The van der Waals surface area contributed by atoms with Gasteiger partial charge >= 0.3 is 0 Å². The van der Waals surface area contributed by atoms with Crippen LogP contribution in [0.1, 0.15) is 23.6 Å². The maximum absolute atomic E-state index is 10.8. The molecule has 2 heterocycles. The molecule has 0 spiro atoms. The summed E-state index contributed by atoms with van der Waals surface area (Å²) in [6.45, 7) is 0. The number of nitrogens with one attached hydrogen (secondary N) is 1. The normalized spacial score (nSPS) is 17.1. The molecule has 7 nitrogen and oxygen atoms in total. The molecule has 3 rings (SSSR count). The summed E-state index contributed by atoms with van der Waals surface area (Å²) in [6, 6.07) is 7.65. The van der Waals surface area contributed by atoms with E-state index in [1.54, 1.807) is 12.4 Å². The van der Waals surface area contributed by atoms with Gasteiger partial charge in [0, 0.05) is 36.5 Å². The minimum Gasteiger partial charge on any atom is -0.507 e. The number of nitro groups is 1. The van der Waals surface area contributed by atoms with Crippen molar-refractivity contribution in [3.63, 3.8) is 0 Å². The number of aromatic nitrogens is 1. The Labute approximate surface area is 120 Å². The van der Waals surface area contributed by atoms with Crippen molar-refractivity contribution in [2.45, 2.75) is 12.5 Å². The van der Waals surface area contributed by atoms with Crippen LogP contribution in [0.25, 0.3) is 0 Å². The van der Waals surface area contributed by atoms with Crippen LogP contribution < -0.4 is 5.43 Å². The van der Waals surface area contributed by atoms with Crippen LogP contribution in [0, 0.1) is 10.1 Å². The van der Waals surface area contributed by atoms with Crippen LogP contribution in [-0.2, 0) is 0 Å². The van der Waals surface area contributed by atoms with E-state index in [2.05, 4.69) is 15.5 Å². The van der Waals surface area contributed by atoms with Gasteiger partial charge in [0.1, 0.15) is 5.75 Å². The molecule has 21 heavy (non-hydrogen) atoms. The molecule has 2 aromatic rings. The zero-order valence-corrected chi connectivity index (χ0v) is 10.9. The molecule has 0 saturated carbocycles. The molecule has 0 radical (unpaired) electrons. The number of hydrazone groups is 1. The number of rotatable bonds is 3. The number of aromatic hydroxyl groups is 1. The van der Waals surface area contributed by atoms with Gasteiger partial charge in [0.25, 0.3) is 5.69 Å². The zero-order valence-electron chi connectivity index (χ0n) is 10.9. The summed E-state index contributed by atoms with van der Waals surface area (Å²) in [7, 11) is 0. The molecule has 1 aromatic carbocycles. The van der Waals surface area contributed by atoms with Crippen molar-refractivity contribution < 1.29 is 10.0 Å². The van der Waals surface area contributed by atoms with Gasteiger partial charge in [-0.15, -0.1) is 0 Å². The lowest BCUT2D eigenvalue weighted by Crippen LogP contribution is -2.09. The minimum atomic E-state index is -0.494. The average molecular weight is 284 g/mol. The fraction of sp³-hybridized carbons (Fsp3) is 0.143. The lowest BCUT2D eigenvalue weighted by molar-refractivity contribution is -0.384. The summed E-state index contributed by atoms with van der Waals surface area (Å²) < 4.78 is 0. The third-order valence-electron chi connectivity index (χ3n) is 3.36. The number of phenols is 1. The maximum Gasteiger partial charge on any atom is 0.270 e. The molecular weight excluding hydrogens is 272 g/mol. The van der Waals surface area contributed by atoms with E-state index in [-0.39, 0.29) is 17.5 Å². The molecule has 0 aliphatic carbocycles. The summed E-state index contributed by atoms with van der Waals surface area (Å²) in [5.41, 5.74) is 4.91. The Bertz CT molecular complexity index is 715. The standard InChI is InChI=1S/C14H12N4O3/c19-14-2-1-10(18(20)21)7-11(14)13-8-12(16-17-13)9-3-5-15-6-4-9/h1-7,12,16,19H,8H2. The first-order valence-corrected chi connectivity index (χ1v) is 6.35. The van der Waals surface area contributed by atoms with Crippen LogP contribution in [0.2, 0.25) is 0 Å². The predicted octanol–water partition coefficient (Wildman–Crippen LogP) is 2.13. The van der Waals surface area contributed by atoms with Crippen molar-refractivity contribution in [2.24, 2.45) is 5.10 Å². The van der Waals surface area contributed by atoms with Gasteiger partial charge in [-0.3, -0.25) is 15.1 Å². The van der Waals surface area contributed by atoms with Crippen molar-refractivity contribution in [1.82, 2.24) is 10.4 Å². The summed E-state index contributed by atoms with van der Waals surface area (Å²) in [5, 5.41) is 24.9. The van der Waals surface area contributed by atoms with Gasteiger partial charge < -0.3 is 10.5 Å². The van der Waals surface area contributed by atoms with E-state index in [1.807, 2.05) is 12.1 Å². The van der Waals surface area contributed by atoms with Crippen molar-refractivity contribution in [2.75, 3.05) is 0 Å². The molecule has 0 bridgehead atoms. The Kier molecular flexibility index (Phi) is 3.23. The summed E-state index contributed by atoms with van der Waals surface area (Å²) >= 11 is 0. The first-order chi connectivity index (χ1) is 10.1. The van der Waals surface area contributed by atoms with Gasteiger partial charge in [0.15, 0.2) is 0 Å². The lowest BCUT2D eigenvalue weighted by Gasteiger charge is -2.09. The highest BCUT2D eigenvalue weighted by molar-refractivity contribution is 6.04. The highest BCUT2D eigenvalue weighted by Crippen LogP contribution is 2.30. The van der Waals surface area contributed by atoms with Crippen LogP contribution in [-0.4, -0.2) is 20.7 Å². The van der Waals surface area contributed by atoms with E-state index in [9.17, 15) is 15.2 Å². The highest BCUT2D eigenvalue weighted by Gasteiger charge is 2.24. The van der Waals surface area contributed by atoms with Gasteiger partial charge in [-0.1, -0.05) is 0 Å². The molecule has 0 amide bonds. The molecule has 1 aromatic heterocycles. The van der Waals surface area contributed by atoms with Crippen LogP contribution in [0.3, 0.4) is 0 Å². The topological polar surface area (TPSA) is 101 Å².